The first-order valence-electron chi connectivity index (χ1n) is 12.6. The summed E-state index contributed by atoms with van der Waals surface area (Å²) in [6.07, 6.45) is 2.87. The van der Waals surface area contributed by atoms with Gasteiger partial charge in [0.2, 0.25) is 0 Å². The summed E-state index contributed by atoms with van der Waals surface area (Å²) in [5.74, 6) is 0.647. The van der Waals surface area contributed by atoms with E-state index in [1.165, 1.54) is 12.3 Å². The van der Waals surface area contributed by atoms with Gasteiger partial charge in [0.25, 0.3) is 0 Å². The number of piperidine rings is 1. The normalized spacial score (nSPS) is 14.1. The highest BCUT2D eigenvalue weighted by Gasteiger charge is 2.25. The summed E-state index contributed by atoms with van der Waals surface area (Å²) in [6, 6.07) is 17.5. The summed E-state index contributed by atoms with van der Waals surface area (Å²) in [6.45, 7) is 2.03. The molecule has 1 aromatic heterocycles. The SMILES string of the molecule is CN1CCC(Oc2cc3ncc(C#N)c(Nc4ccc(OCc5ccc(Cl)cc5)c(Cl)c4)c3cc2[N+](=O)[O-])CC1. The summed E-state index contributed by atoms with van der Waals surface area (Å²) in [5.41, 5.74) is 2.39. The maximum absolute atomic E-state index is 12.0. The number of likely N-dealkylation sites (tertiary alicyclic amines) is 1. The van der Waals surface area contributed by atoms with Crippen LogP contribution in [0.3, 0.4) is 0 Å². The third-order valence-electron chi connectivity index (χ3n) is 6.73. The number of hydrogen-bond acceptors (Lipinski definition) is 8. The van der Waals surface area contributed by atoms with Gasteiger partial charge in [-0.1, -0.05) is 35.3 Å². The Morgan fingerprint density at radius 1 is 1.12 bits per heavy atom. The Morgan fingerprint density at radius 3 is 2.55 bits per heavy atom. The molecule has 2 heterocycles. The minimum atomic E-state index is -0.476. The van der Waals surface area contributed by atoms with Crippen LogP contribution in [0.4, 0.5) is 17.1 Å². The highest BCUT2D eigenvalue weighted by molar-refractivity contribution is 6.32. The first-order chi connectivity index (χ1) is 19.3. The molecule has 1 aliphatic rings. The number of anilines is 2. The van der Waals surface area contributed by atoms with Gasteiger partial charge in [-0.25, -0.2) is 0 Å². The standard InChI is InChI=1S/C29H25Cl2N5O4/c1-35-10-8-22(9-11-35)40-28-14-25-23(13-26(28)36(37)38)29(19(15-32)16-33-25)34-21-6-7-27(24(31)12-21)39-17-18-2-4-20(30)5-3-18/h2-7,12-14,16,22H,8-11,17H2,1H3,(H,33,34). The van der Waals surface area contributed by atoms with E-state index in [9.17, 15) is 15.4 Å². The van der Waals surface area contributed by atoms with Crippen molar-refractivity contribution in [3.63, 3.8) is 0 Å². The van der Waals surface area contributed by atoms with Gasteiger partial charge >= 0.3 is 5.69 Å². The van der Waals surface area contributed by atoms with Crippen molar-refractivity contribution in [3.8, 4) is 17.6 Å². The van der Waals surface area contributed by atoms with Gasteiger partial charge < -0.3 is 19.7 Å². The highest BCUT2D eigenvalue weighted by atomic mass is 35.5. The number of nitro benzene ring substituents is 1. The molecule has 9 nitrogen and oxygen atoms in total. The number of nitro groups is 1. The van der Waals surface area contributed by atoms with E-state index >= 15 is 0 Å². The molecule has 1 aliphatic heterocycles. The Kier molecular flexibility index (Phi) is 8.21. The molecule has 204 valence electrons. The second kappa shape index (κ2) is 12.0. The number of ether oxygens (including phenoxy) is 2. The van der Waals surface area contributed by atoms with E-state index < -0.39 is 4.92 Å². The minimum Gasteiger partial charge on any atom is -0.487 e. The Hall–Kier alpha value is -4.10. The minimum absolute atomic E-state index is 0.120. The van der Waals surface area contributed by atoms with Crippen LogP contribution in [0.1, 0.15) is 24.0 Å². The van der Waals surface area contributed by atoms with Crippen LogP contribution in [0.2, 0.25) is 10.0 Å². The van der Waals surface area contributed by atoms with E-state index in [1.54, 1.807) is 36.4 Å². The number of rotatable bonds is 8. The summed E-state index contributed by atoms with van der Waals surface area (Å²) in [5, 5.41) is 26.4. The van der Waals surface area contributed by atoms with Crippen molar-refractivity contribution >= 4 is 51.2 Å². The van der Waals surface area contributed by atoms with E-state index in [0.29, 0.717) is 44.7 Å². The van der Waals surface area contributed by atoms with E-state index in [-0.39, 0.29) is 23.1 Å². The lowest BCUT2D eigenvalue weighted by molar-refractivity contribution is -0.386. The summed E-state index contributed by atoms with van der Waals surface area (Å²) in [4.78, 5) is 18.1. The van der Waals surface area contributed by atoms with Crippen LogP contribution >= 0.6 is 23.2 Å². The molecule has 0 radical (unpaired) electrons. The number of halogens is 2. The lowest BCUT2D eigenvalue weighted by Gasteiger charge is -2.29. The van der Waals surface area contributed by atoms with Gasteiger partial charge in [0, 0.05) is 47.5 Å². The van der Waals surface area contributed by atoms with Crippen molar-refractivity contribution < 1.29 is 14.4 Å². The van der Waals surface area contributed by atoms with Gasteiger partial charge in [0.05, 0.1) is 26.7 Å². The van der Waals surface area contributed by atoms with Gasteiger partial charge in [-0.2, -0.15) is 5.26 Å². The molecule has 1 N–H and O–H groups in total. The monoisotopic (exact) mass is 577 g/mol. The van der Waals surface area contributed by atoms with Gasteiger partial charge in [-0.05, 0) is 55.8 Å². The van der Waals surface area contributed by atoms with E-state index in [0.717, 1.165) is 31.5 Å². The Labute approximate surface area is 241 Å². The zero-order chi connectivity index (χ0) is 28.2. The molecular formula is C29H25Cl2N5O4. The quantitative estimate of drug-likeness (QED) is 0.174. The van der Waals surface area contributed by atoms with Crippen LogP contribution < -0.4 is 14.8 Å². The summed E-state index contributed by atoms with van der Waals surface area (Å²) < 4.78 is 11.9. The van der Waals surface area contributed by atoms with Gasteiger partial charge in [-0.3, -0.25) is 15.1 Å². The molecule has 0 atom stereocenters. The van der Waals surface area contributed by atoms with Crippen LogP contribution in [0.25, 0.3) is 10.9 Å². The number of hydrogen-bond donors (Lipinski definition) is 1. The molecule has 1 saturated heterocycles. The number of benzene rings is 3. The third kappa shape index (κ3) is 6.20. The number of nitrogens with zero attached hydrogens (tertiary/aromatic N) is 4. The van der Waals surface area contributed by atoms with Gasteiger partial charge in [-0.15, -0.1) is 0 Å². The number of fused-ring (bicyclic) bond motifs is 1. The zero-order valence-corrected chi connectivity index (χ0v) is 23.1. The molecular weight excluding hydrogens is 553 g/mol. The second-order valence-corrected chi connectivity index (χ2v) is 10.4. The number of aromatic nitrogens is 1. The largest absolute Gasteiger partial charge is 0.487 e. The van der Waals surface area contributed by atoms with Crippen LogP contribution in [-0.4, -0.2) is 41.0 Å². The molecule has 3 aromatic carbocycles. The average Bonchev–Trinajstić information content (AvgIpc) is 2.94. The molecule has 0 bridgehead atoms. The molecule has 0 aliphatic carbocycles. The predicted octanol–water partition coefficient (Wildman–Crippen LogP) is 7.12. The average molecular weight is 578 g/mol. The maximum Gasteiger partial charge on any atom is 0.311 e. The highest BCUT2D eigenvalue weighted by Crippen LogP contribution is 2.39. The molecule has 0 amide bonds. The lowest BCUT2D eigenvalue weighted by Crippen LogP contribution is -2.35. The van der Waals surface area contributed by atoms with E-state index in [4.69, 9.17) is 32.7 Å². The number of pyridine rings is 1. The fraction of sp³-hybridized carbons (Fsp3) is 0.241. The molecule has 4 aromatic rings. The van der Waals surface area contributed by atoms with Crippen molar-refractivity contribution in [1.29, 1.82) is 5.26 Å². The van der Waals surface area contributed by atoms with E-state index in [1.807, 2.05) is 19.2 Å². The molecule has 1 fully saturated rings. The molecule has 11 heteroatoms. The van der Waals surface area contributed by atoms with E-state index in [2.05, 4.69) is 21.3 Å². The van der Waals surface area contributed by atoms with Gasteiger partial charge in [0.1, 0.15) is 24.5 Å². The maximum atomic E-state index is 12.0. The fourth-order valence-electron chi connectivity index (χ4n) is 4.53. The summed E-state index contributed by atoms with van der Waals surface area (Å²) in [7, 11) is 2.04. The van der Waals surface area contributed by atoms with Crippen LogP contribution in [0, 0.1) is 21.4 Å². The topological polar surface area (TPSA) is 114 Å². The van der Waals surface area contributed by atoms with Crippen molar-refractivity contribution in [1.82, 2.24) is 9.88 Å². The Balaban J connectivity index is 1.42. The van der Waals surface area contributed by atoms with Crippen molar-refractivity contribution in [3.05, 3.63) is 92.1 Å². The molecule has 0 unspecified atom stereocenters. The van der Waals surface area contributed by atoms with Crippen molar-refractivity contribution in [2.45, 2.75) is 25.6 Å². The molecule has 0 saturated carbocycles. The van der Waals surface area contributed by atoms with Crippen molar-refractivity contribution in [2.75, 3.05) is 25.5 Å². The van der Waals surface area contributed by atoms with Crippen LogP contribution in [0.15, 0.2) is 60.8 Å². The second-order valence-electron chi connectivity index (χ2n) is 9.56. The third-order valence-corrected chi connectivity index (χ3v) is 7.28. The first-order valence-corrected chi connectivity index (χ1v) is 13.4. The smallest absolute Gasteiger partial charge is 0.311 e. The lowest BCUT2D eigenvalue weighted by atomic mass is 10.1. The Morgan fingerprint density at radius 2 is 1.88 bits per heavy atom. The Bertz CT molecular complexity index is 1600. The molecule has 5 rings (SSSR count). The predicted molar refractivity (Wildman–Crippen MR) is 155 cm³/mol. The fourth-order valence-corrected chi connectivity index (χ4v) is 4.89. The number of nitriles is 1. The first kappa shape index (κ1) is 27.5. The van der Waals surface area contributed by atoms with Crippen LogP contribution in [-0.2, 0) is 6.61 Å². The summed E-state index contributed by atoms with van der Waals surface area (Å²) >= 11 is 12.4. The number of nitrogens with one attached hydrogen (secondary N) is 1. The van der Waals surface area contributed by atoms with Gasteiger partial charge in [0.15, 0.2) is 5.75 Å². The van der Waals surface area contributed by atoms with Crippen LogP contribution in [0.5, 0.6) is 11.5 Å². The zero-order valence-electron chi connectivity index (χ0n) is 21.6. The van der Waals surface area contributed by atoms with Crippen molar-refractivity contribution in [2.24, 2.45) is 0 Å². The molecule has 40 heavy (non-hydrogen) atoms. The molecule has 0 spiro atoms.